The van der Waals surface area contributed by atoms with E-state index in [0.717, 1.165) is 17.8 Å². The quantitative estimate of drug-likeness (QED) is 0.408. The number of rotatable bonds is 0. The molecule has 4 heteroatoms. The largest absolute Gasteiger partial charge is 0.376 e. The Morgan fingerprint density at radius 2 is 1.92 bits per heavy atom. The maximum absolute atomic E-state index is 11.4. The van der Waals surface area contributed by atoms with Gasteiger partial charge in [-0.05, 0) is 13.8 Å². The summed E-state index contributed by atoms with van der Waals surface area (Å²) in [6.45, 7) is 5.13. The number of nitrogens with zero attached hydrogens (tertiary/aromatic N) is 2. The predicted octanol–water partition coefficient (Wildman–Crippen LogP) is -0.0720. The highest BCUT2D eigenvalue weighted by Gasteiger charge is 2.19. The number of nitrogens with two attached hydrogens (primary N) is 1. The van der Waals surface area contributed by atoms with Gasteiger partial charge in [0.2, 0.25) is 0 Å². The predicted molar refractivity (Wildman–Crippen MR) is 46.9 cm³/mol. The lowest BCUT2D eigenvalue weighted by Crippen LogP contribution is -2.39. The molecule has 1 amide bonds. The molecular weight excluding hydrogens is 154 g/mol. The van der Waals surface area contributed by atoms with E-state index in [-0.39, 0.29) is 5.91 Å². The normalized spacial score (nSPS) is 20.2. The van der Waals surface area contributed by atoms with Crippen molar-refractivity contribution >= 4 is 5.91 Å². The van der Waals surface area contributed by atoms with Gasteiger partial charge < -0.3 is 4.90 Å². The minimum atomic E-state index is -0.0724. The molecule has 0 spiro atoms. The molecule has 1 aliphatic heterocycles. The van der Waals surface area contributed by atoms with Gasteiger partial charge in [-0.25, -0.2) is 5.84 Å². The number of amides is 1. The van der Waals surface area contributed by atoms with E-state index in [1.54, 1.807) is 6.92 Å². The molecule has 0 aromatic carbocycles. The number of carbonyl (C=O) groups excluding carboxylic acids is 1. The second kappa shape index (κ2) is 3.15. The molecular formula is C8H15N3O. The van der Waals surface area contributed by atoms with Crippen LogP contribution in [0, 0.1) is 0 Å². The molecule has 0 bridgehead atoms. The first-order valence-corrected chi connectivity index (χ1v) is 3.99. The molecule has 0 fully saturated rings. The first-order chi connectivity index (χ1) is 5.54. The Morgan fingerprint density at radius 1 is 1.33 bits per heavy atom. The molecule has 1 rings (SSSR count). The zero-order valence-electron chi connectivity index (χ0n) is 7.79. The highest BCUT2D eigenvalue weighted by molar-refractivity contribution is 5.93. The highest BCUT2D eigenvalue weighted by Crippen LogP contribution is 2.12. The molecule has 0 aliphatic carbocycles. The monoisotopic (exact) mass is 169 g/mol. The summed E-state index contributed by atoms with van der Waals surface area (Å²) in [5, 5.41) is 1.27. The molecule has 0 atom stereocenters. The van der Waals surface area contributed by atoms with Gasteiger partial charge in [-0.2, -0.15) is 0 Å². The van der Waals surface area contributed by atoms with Crippen molar-refractivity contribution in [2.45, 2.75) is 13.8 Å². The lowest BCUT2D eigenvalue weighted by Gasteiger charge is -2.17. The lowest BCUT2D eigenvalue weighted by atomic mass is 10.2. The van der Waals surface area contributed by atoms with E-state index in [1.165, 1.54) is 5.01 Å². The smallest absolute Gasteiger partial charge is 0.265 e. The second-order valence-electron chi connectivity index (χ2n) is 3.13. The fourth-order valence-corrected chi connectivity index (χ4v) is 1.18. The summed E-state index contributed by atoms with van der Waals surface area (Å²) in [7, 11) is 1.96. The van der Waals surface area contributed by atoms with Crippen molar-refractivity contribution in [2.75, 3.05) is 20.1 Å². The summed E-state index contributed by atoms with van der Waals surface area (Å²) in [4.78, 5) is 13.5. The fourth-order valence-electron chi connectivity index (χ4n) is 1.18. The Hall–Kier alpha value is -1.03. The summed E-state index contributed by atoms with van der Waals surface area (Å²) < 4.78 is 0. The maximum atomic E-state index is 11.4. The van der Waals surface area contributed by atoms with E-state index in [1.807, 2.05) is 18.9 Å². The molecule has 0 saturated carbocycles. The topological polar surface area (TPSA) is 49.6 Å². The number of hydrazine groups is 1. The lowest BCUT2D eigenvalue weighted by molar-refractivity contribution is -0.127. The number of hydrogen-bond donors (Lipinski definition) is 1. The van der Waals surface area contributed by atoms with Crippen molar-refractivity contribution in [1.82, 2.24) is 9.91 Å². The van der Waals surface area contributed by atoms with Crippen molar-refractivity contribution in [2.24, 2.45) is 5.84 Å². The fraction of sp³-hybridized carbons (Fsp3) is 0.625. The molecule has 4 nitrogen and oxygen atoms in total. The number of likely N-dealkylation sites (N-methyl/N-ethyl adjacent to an activating group) is 1. The summed E-state index contributed by atoms with van der Waals surface area (Å²) in [5.41, 5.74) is 1.74. The van der Waals surface area contributed by atoms with Gasteiger partial charge in [0.05, 0.1) is 6.54 Å². The van der Waals surface area contributed by atoms with Crippen LogP contribution < -0.4 is 5.84 Å². The second-order valence-corrected chi connectivity index (χ2v) is 3.13. The van der Waals surface area contributed by atoms with Crippen molar-refractivity contribution in [3.63, 3.8) is 0 Å². The van der Waals surface area contributed by atoms with Gasteiger partial charge in [-0.3, -0.25) is 9.80 Å². The Balaban J connectivity index is 2.97. The molecule has 0 aromatic heterocycles. The third kappa shape index (κ3) is 1.43. The van der Waals surface area contributed by atoms with E-state index in [2.05, 4.69) is 0 Å². The summed E-state index contributed by atoms with van der Waals surface area (Å²) >= 11 is 0. The SMILES string of the molecule is CC1=C(C)N(C)CCN(N)C1=O. The molecule has 0 radical (unpaired) electrons. The molecule has 2 N–H and O–H groups in total. The zero-order chi connectivity index (χ0) is 9.30. The van der Waals surface area contributed by atoms with Crippen LogP contribution in [-0.2, 0) is 4.79 Å². The van der Waals surface area contributed by atoms with Crippen LogP contribution >= 0.6 is 0 Å². The first kappa shape index (κ1) is 9.06. The van der Waals surface area contributed by atoms with Crippen LogP contribution in [0.5, 0.6) is 0 Å². The molecule has 68 valence electrons. The van der Waals surface area contributed by atoms with Gasteiger partial charge in [0.1, 0.15) is 0 Å². The molecule has 0 unspecified atom stereocenters. The van der Waals surface area contributed by atoms with Crippen molar-refractivity contribution in [1.29, 1.82) is 0 Å². The van der Waals surface area contributed by atoms with E-state index < -0.39 is 0 Å². The number of carbonyl (C=O) groups is 1. The van der Waals surface area contributed by atoms with Crippen LogP contribution in [0.1, 0.15) is 13.8 Å². The van der Waals surface area contributed by atoms with Gasteiger partial charge in [-0.15, -0.1) is 0 Å². The van der Waals surface area contributed by atoms with Gasteiger partial charge in [0.15, 0.2) is 0 Å². The van der Waals surface area contributed by atoms with Gasteiger partial charge in [0, 0.05) is 24.9 Å². The summed E-state index contributed by atoms with van der Waals surface area (Å²) in [5.74, 6) is 5.44. The molecule has 1 aliphatic rings. The Kier molecular flexibility index (Phi) is 2.38. The third-order valence-electron chi connectivity index (χ3n) is 2.37. The van der Waals surface area contributed by atoms with Crippen LogP contribution in [0.2, 0.25) is 0 Å². The average Bonchev–Trinajstić information content (AvgIpc) is 2.14. The zero-order valence-corrected chi connectivity index (χ0v) is 7.79. The Morgan fingerprint density at radius 3 is 2.50 bits per heavy atom. The number of hydrogen-bond acceptors (Lipinski definition) is 3. The Bertz CT molecular complexity index is 234. The van der Waals surface area contributed by atoms with E-state index in [4.69, 9.17) is 5.84 Å². The van der Waals surface area contributed by atoms with Gasteiger partial charge in [-0.1, -0.05) is 0 Å². The molecule has 0 saturated heterocycles. The van der Waals surface area contributed by atoms with Crippen LogP contribution in [0.4, 0.5) is 0 Å². The minimum absolute atomic E-state index is 0.0724. The summed E-state index contributed by atoms with van der Waals surface area (Å²) in [6, 6.07) is 0. The van der Waals surface area contributed by atoms with E-state index >= 15 is 0 Å². The highest BCUT2D eigenvalue weighted by atomic mass is 16.2. The van der Waals surface area contributed by atoms with Gasteiger partial charge >= 0.3 is 0 Å². The van der Waals surface area contributed by atoms with Crippen LogP contribution in [0.15, 0.2) is 11.3 Å². The van der Waals surface area contributed by atoms with E-state index in [0.29, 0.717) is 6.54 Å². The average molecular weight is 169 g/mol. The maximum Gasteiger partial charge on any atom is 0.265 e. The van der Waals surface area contributed by atoms with Crippen molar-refractivity contribution < 1.29 is 4.79 Å². The van der Waals surface area contributed by atoms with Crippen LogP contribution in [0.25, 0.3) is 0 Å². The molecule has 1 heterocycles. The van der Waals surface area contributed by atoms with Crippen LogP contribution in [-0.4, -0.2) is 36.0 Å². The van der Waals surface area contributed by atoms with Gasteiger partial charge in [0.25, 0.3) is 5.91 Å². The van der Waals surface area contributed by atoms with Crippen molar-refractivity contribution in [3.05, 3.63) is 11.3 Å². The minimum Gasteiger partial charge on any atom is -0.376 e. The summed E-state index contributed by atoms with van der Waals surface area (Å²) in [6.07, 6.45) is 0. The van der Waals surface area contributed by atoms with E-state index in [9.17, 15) is 4.79 Å². The standard InChI is InChI=1S/C8H15N3O/c1-6-7(2)10(3)4-5-11(9)8(6)12/h4-5,9H2,1-3H3. The Labute approximate surface area is 72.6 Å². The molecule has 12 heavy (non-hydrogen) atoms. The first-order valence-electron chi connectivity index (χ1n) is 3.99. The molecule has 0 aromatic rings. The third-order valence-corrected chi connectivity index (χ3v) is 2.37. The van der Waals surface area contributed by atoms with Crippen molar-refractivity contribution in [3.8, 4) is 0 Å². The van der Waals surface area contributed by atoms with Crippen LogP contribution in [0.3, 0.4) is 0 Å². The number of allylic oxidation sites excluding steroid dienone is 1.